The molecule has 0 radical (unpaired) electrons. The molecule has 152 valence electrons. The molecular weight excluding hydrogens is 362 g/mol. The molecule has 0 atom stereocenters. The largest absolute Gasteiger partial charge is 0.493 e. The molecule has 0 unspecified atom stereocenters. The average molecular weight is 389 g/mol. The maximum Gasteiger partial charge on any atom is 0.276 e. The van der Waals surface area contributed by atoms with Crippen LogP contribution in [0.5, 0.6) is 11.5 Å². The lowest BCUT2D eigenvalue weighted by Crippen LogP contribution is -2.26. The third-order valence-electron chi connectivity index (χ3n) is 4.71. The summed E-state index contributed by atoms with van der Waals surface area (Å²) in [6.07, 6.45) is 0.297. The number of benzene rings is 1. The SMILES string of the molecule is COc1cc(CCNC(=O)c2cc(C)n(C(C)C)c2C)c([N+](=O)[O-])cc1OC. The number of amides is 1. The molecule has 2 rings (SSSR count). The fraction of sp³-hybridized carbons (Fsp3) is 0.450. The predicted octanol–water partition coefficient (Wildman–Crippen LogP) is 3.58. The molecule has 0 saturated heterocycles. The summed E-state index contributed by atoms with van der Waals surface area (Å²) in [5, 5.41) is 14.2. The molecule has 8 heteroatoms. The topological polar surface area (TPSA) is 95.6 Å². The van der Waals surface area contributed by atoms with Gasteiger partial charge in [-0.2, -0.15) is 0 Å². The van der Waals surface area contributed by atoms with Crippen molar-refractivity contribution in [3.63, 3.8) is 0 Å². The van der Waals surface area contributed by atoms with Gasteiger partial charge >= 0.3 is 0 Å². The van der Waals surface area contributed by atoms with Crippen molar-refractivity contribution in [3.05, 3.63) is 50.8 Å². The molecule has 2 aromatic rings. The van der Waals surface area contributed by atoms with Gasteiger partial charge in [-0.1, -0.05) is 0 Å². The highest BCUT2D eigenvalue weighted by molar-refractivity contribution is 5.95. The molecule has 0 bridgehead atoms. The molecule has 0 spiro atoms. The number of carbonyl (C=O) groups excluding carboxylic acids is 1. The molecule has 0 aliphatic rings. The fourth-order valence-corrected chi connectivity index (χ4v) is 3.49. The molecule has 1 heterocycles. The summed E-state index contributed by atoms with van der Waals surface area (Å²) in [5.74, 6) is 0.515. The van der Waals surface area contributed by atoms with Gasteiger partial charge in [0, 0.05) is 29.5 Å². The van der Waals surface area contributed by atoms with Crippen molar-refractivity contribution >= 4 is 11.6 Å². The van der Waals surface area contributed by atoms with E-state index in [-0.39, 0.29) is 24.2 Å². The minimum atomic E-state index is -0.463. The van der Waals surface area contributed by atoms with Gasteiger partial charge in [0.05, 0.1) is 30.8 Å². The van der Waals surface area contributed by atoms with E-state index in [9.17, 15) is 14.9 Å². The normalized spacial score (nSPS) is 10.8. The summed E-state index contributed by atoms with van der Waals surface area (Å²) in [6, 6.07) is 5.04. The smallest absolute Gasteiger partial charge is 0.276 e. The molecular formula is C20H27N3O5. The Hall–Kier alpha value is -3.03. The van der Waals surface area contributed by atoms with Gasteiger partial charge in [-0.15, -0.1) is 0 Å². The Kier molecular flexibility index (Phi) is 6.66. The minimum Gasteiger partial charge on any atom is -0.493 e. The van der Waals surface area contributed by atoms with Crippen LogP contribution >= 0.6 is 0 Å². The first-order valence-corrected chi connectivity index (χ1v) is 9.07. The van der Waals surface area contributed by atoms with Crippen molar-refractivity contribution in [2.45, 2.75) is 40.2 Å². The van der Waals surface area contributed by atoms with Crippen molar-refractivity contribution in [1.82, 2.24) is 9.88 Å². The lowest BCUT2D eigenvalue weighted by atomic mass is 10.1. The second kappa shape index (κ2) is 8.77. The molecule has 0 fully saturated rings. The Morgan fingerprint density at radius 3 is 2.29 bits per heavy atom. The maximum atomic E-state index is 12.6. The van der Waals surface area contributed by atoms with Crippen molar-refractivity contribution in [2.75, 3.05) is 20.8 Å². The molecule has 0 aliphatic heterocycles. The Morgan fingerprint density at radius 2 is 1.79 bits per heavy atom. The van der Waals surface area contributed by atoms with Crippen LogP contribution in [-0.4, -0.2) is 36.2 Å². The highest BCUT2D eigenvalue weighted by Crippen LogP contribution is 2.34. The van der Waals surface area contributed by atoms with E-state index in [0.29, 0.717) is 29.0 Å². The third kappa shape index (κ3) is 4.27. The fourth-order valence-electron chi connectivity index (χ4n) is 3.49. The number of nitro groups is 1. The van der Waals surface area contributed by atoms with Gasteiger partial charge in [-0.3, -0.25) is 14.9 Å². The Balaban J connectivity index is 2.16. The summed E-state index contributed by atoms with van der Waals surface area (Å²) in [7, 11) is 2.90. The van der Waals surface area contributed by atoms with E-state index >= 15 is 0 Å². The van der Waals surface area contributed by atoms with Gasteiger partial charge in [0.15, 0.2) is 11.5 Å². The number of hydrogen-bond donors (Lipinski definition) is 1. The number of aryl methyl sites for hydroxylation is 1. The zero-order valence-corrected chi connectivity index (χ0v) is 17.2. The van der Waals surface area contributed by atoms with Crippen molar-refractivity contribution in [3.8, 4) is 11.5 Å². The van der Waals surface area contributed by atoms with Crippen molar-refractivity contribution in [2.24, 2.45) is 0 Å². The molecule has 28 heavy (non-hydrogen) atoms. The second-order valence-electron chi connectivity index (χ2n) is 6.85. The summed E-state index contributed by atoms with van der Waals surface area (Å²) in [4.78, 5) is 23.5. The zero-order valence-electron chi connectivity index (χ0n) is 17.2. The average Bonchev–Trinajstić information content (AvgIpc) is 2.95. The molecule has 0 saturated carbocycles. The number of nitro benzene ring substituents is 1. The molecule has 1 aromatic heterocycles. The number of ether oxygens (including phenoxy) is 2. The van der Waals surface area contributed by atoms with Crippen LogP contribution in [-0.2, 0) is 6.42 Å². The van der Waals surface area contributed by atoms with E-state index in [4.69, 9.17) is 9.47 Å². The molecule has 1 N–H and O–H groups in total. The number of nitrogens with one attached hydrogen (secondary N) is 1. The lowest BCUT2D eigenvalue weighted by Gasteiger charge is -2.14. The molecule has 8 nitrogen and oxygen atoms in total. The van der Waals surface area contributed by atoms with Gasteiger partial charge in [0.25, 0.3) is 11.6 Å². The van der Waals surface area contributed by atoms with Gasteiger partial charge in [-0.25, -0.2) is 0 Å². The Morgan fingerprint density at radius 1 is 1.18 bits per heavy atom. The van der Waals surface area contributed by atoms with Crippen LogP contribution in [0.3, 0.4) is 0 Å². The van der Waals surface area contributed by atoms with Crippen molar-refractivity contribution in [1.29, 1.82) is 0 Å². The van der Waals surface area contributed by atoms with Crippen LogP contribution < -0.4 is 14.8 Å². The quantitative estimate of drug-likeness (QED) is 0.550. The van der Waals surface area contributed by atoms with Crippen LogP contribution in [0.4, 0.5) is 5.69 Å². The number of nitrogens with zero attached hydrogens (tertiary/aromatic N) is 2. The third-order valence-corrected chi connectivity index (χ3v) is 4.71. The van der Waals surface area contributed by atoms with Crippen LogP contribution in [0, 0.1) is 24.0 Å². The van der Waals surface area contributed by atoms with Crippen LogP contribution in [0.1, 0.15) is 47.2 Å². The van der Waals surface area contributed by atoms with Crippen molar-refractivity contribution < 1.29 is 19.2 Å². The predicted molar refractivity (Wildman–Crippen MR) is 107 cm³/mol. The first-order chi connectivity index (χ1) is 13.2. The van der Waals surface area contributed by atoms with Crippen LogP contribution in [0.25, 0.3) is 0 Å². The van der Waals surface area contributed by atoms with Gasteiger partial charge in [0.2, 0.25) is 0 Å². The highest BCUT2D eigenvalue weighted by Gasteiger charge is 2.20. The van der Waals surface area contributed by atoms with E-state index in [1.807, 2.05) is 19.9 Å². The second-order valence-corrected chi connectivity index (χ2v) is 6.85. The lowest BCUT2D eigenvalue weighted by molar-refractivity contribution is -0.385. The summed E-state index contributed by atoms with van der Waals surface area (Å²) < 4.78 is 12.5. The standard InChI is InChI=1S/C20H27N3O5/c1-12(2)22-13(3)9-16(14(22)4)20(24)21-8-7-15-10-18(27-5)19(28-6)11-17(15)23(25)26/h9-12H,7-8H2,1-6H3,(H,21,24). The van der Waals surface area contributed by atoms with Crippen LogP contribution in [0.2, 0.25) is 0 Å². The number of rotatable bonds is 8. The number of methoxy groups -OCH3 is 2. The number of aromatic nitrogens is 1. The maximum absolute atomic E-state index is 12.6. The van der Waals surface area contributed by atoms with Gasteiger partial charge in [-0.05, 0) is 46.2 Å². The van der Waals surface area contributed by atoms with E-state index in [1.54, 1.807) is 6.07 Å². The summed E-state index contributed by atoms with van der Waals surface area (Å²) >= 11 is 0. The molecule has 1 amide bonds. The first kappa shape index (κ1) is 21.3. The highest BCUT2D eigenvalue weighted by atomic mass is 16.6. The van der Waals surface area contributed by atoms with E-state index in [1.165, 1.54) is 20.3 Å². The Bertz CT molecular complexity index is 886. The van der Waals surface area contributed by atoms with Gasteiger partial charge in [0.1, 0.15) is 0 Å². The van der Waals surface area contributed by atoms with Gasteiger partial charge < -0.3 is 19.4 Å². The first-order valence-electron chi connectivity index (χ1n) is 9.07. The summed E-state index contributed by atoms with van der Waals surface area (Å²) in [5.41, 5.74) is 2.95. The zero-order chi connectivity index (χ0) is 21.0. The number of carbonyl (C=O) groups is 1. The van der Waals surface area contributed by atoms with Crippen LogP contribution in [0.15, 0.2) is 18.2 Å². The number of hydrogen-bond acceptors (Lipinski definition) is 5. The van der Waals surface area contributed by atoms with E-state index in [0.717, 1.165) is 11.4 Å². The molecule has 1 aromatic carbocycles. The monoisotopic (exact) mass is 389 g/mol. The Labute approximate surface area is 164 Å². The minimum absolute atomic E-state index is 0.0649. The van der Waals surface area contributed by atoms with E-state index in [2.05, 4.69) is 23.7 Å². The molecule has 0 aliphatic carbocycles. The summed E-state index contributed by atoms with van der Waals surface area (Å²) in [6.45, 7) is 8.29. The van der Waals surface area contributed by atoms with E-state index < -0.39 is 4.92 Å².